The fourth-order valence-corrected chi connectivity index (χ4v) is 2.73. The van der Waals surface area contributed by atoms with E-state index in [0.29, 0.717) is 26.4 Å². The van der Waals surface area contributed by atoms with Crippen molar-refractivity contribution in [1.29, 1.82) is 0 Å². The average molecular weight is 433 g/mol. The number of hydrogen-bond donors (Lipinski definition) is 1. The average Bonchev–Trinajstić information content (AvgIpc) is 2.75. The van der Waals surface area contributed by atoms with Gasteiger partial charge in [-0.2, -0.15) is 0 Å². The molecule has 1 aromatic carbocycles. The number of carbonyl (C=O) groups excluding carboxylic acids is 1. The van der Waals surface area contributed by atoms with E-state index in [2.05, 4.69) is 5.32 Å². The van der Waals surface area contributed by atoms with Gasteiger partial charge in [0, 0.05) is 13.6 Å². The van der Waals surface area contributed by atoms with Gasteiger partial charge in [-0.05, 0) is 12.6 Å². The number of carbonyl (C=O) groups is 1. The Morgan fingerprint density at radius 3 is 2.24 bits per heavy atom. The molecule has 2 saturated heterocycles. The largest absolute Gasteiger partial charge is 0.445 e. The summed E-state index contributed by atoms with van der Waals surface area (Å²) in [6.45, 7) is 5.61. The molecule has 2 aliphatic heterocycles. The minimum absolute atomic E-state index is 0. The molecule has 2 aliphatic rings. The first kappa shape index (κ1) is 25.6. The van der Waals surface area contributed by atoms with Crippen LogP contribution in [0.3, 0.4) is 0 Å². The molecule has 2 fully saturated rings. The van der Waals surface area contributed by atoms with Crippen LogP contribution >= 0.6 is 12.4 Å². The van der Waals surface area contributed by atoms with Crippen molar-refractivity contribution in [2.75, 3.05) is 66.8 Å². The molecule has 2 atom stereocenters. The smallest absolute Gasteiger partial charge is 0.409 e. The first-order valence-corrected chi connectivity index (χ1v) is 9.64. The first-order valence-electron chi connectivity index (χ1n) is 9.64. The lowest BCUT2D eigenvalue weighted by Gasteiger charge is -2.27. The van der Waals surface area contributed by atoms with Crippen LogP contribution in [0.25, 0.3) is 0 Å². The molecule has 9 heteroatoms. The maximum atomic E-state index is 11.8. The van der Waals surface area contributed by atoms with Gasteiger partial charge in [-0.25, -0.2) is 4.79 Å². The normalized spacial score (nSPS) is 21.2. The van der Waals surface area contributed by atoms with Crippen molar-refractivity contribution >= 4 is 18.5 Å². The Hall–Kier alpha value is -1.42. The third-order valence-corrected chi connectivity index (χ3v) is 4.20. The summed E-state index contributed by atoms with van der Waals surface area (Å²) in [7, 11) is 3.61. The third kappa shape index (κ3) is 10.8. The topological polar surface area (TPSA) is 78.5 Å². The second-order valence-electron chi connectivity index (χ2n) is 6.61. The van der Waals surface area contributed by atoms with Gasteiger partial charge in [0.1, 0.15) is 6.61 Å². The zero-order chi connectivity index (χ0) is 20.0. The molecule has 1 aromatic rings. The fraction of sp³-hybridized carbons (Fsp3) is 0.650. The van der Waals surface area contributed by atoms with Gasteiger partial charge in [-0.3, -0.25) is 0 Å². The second kappa shape index (κ2) is 15.4. The molecule has 8 nitrogen and oxygen atoms in total. The van der Waals surface area contributed by atoms with E-state index in [9.17, 15) is 4.79 Å². The molecule has 0 bridgehead atoms. The number of nitrogens with one attached hydrogen (secondary N) is 1. The Morgan fingerprint density at radius 2 is 1.69 bits per heavy atom. The molecule has 0 radical (unpaired) electrons. The highest BCUT2D eigenvalue weighted by Crippen LogP contribution is 2.06. The molecule has 0 aliphatic carbocycles. The van der Waals surface area contributed by atoms with Crippen molar-refractivity contribution in [3.63, 3.8) is 0 Å². The first-order chi connectivity index (χ1) is 13.7. The van der Waals surface area contributed by atoms with E-state index in [4.69, 9.17) is 23.7 Å². The van der Waals surface area contributed by atoms with Crippen LogP contribution in [0.1, 0.15) is 5.56 Å². The van der Waals surface area contributed by atoms with E-state index in [1.54, 1.807) is 7.05 Å². The van der Waals surface area contributed by atoms with Crippen LogP contribution < -0.4 is 5.32 Å². The maximum absolute atomic E-state index is 11.8. The third-order valence-electron chi connectivity index (χ3n) is 4.20. The lowest BCUT2D eigenvalue weighted by Crippen LogP contribution is -2.41. The molecule has 0 spiro atoms. The number of benzene rings is 1. The molecule has 0 aromatic heterocycles. The summed E-state index contributed by atoms with van der Waals surface area (Å²) in [5.41, 5.74) is 0.974. The van der Waals surface area contributed by atoms with Gasteiger partial charge in [-0.1, -0.05) is 30.3 Å². The van der Waals surface area contributed by atoms with Crippen molar-refractivity contribution < 1.29 is 28.5 Å². The summed E-state index contributed by atoms with van der Waals surface area (Å²) >= 11 is 0. The van der Waals surface area contributed by atoms with Gasteiger partial charge in [0.05, 0.1) is 58.4 Å². The Balaban J connectivity index is 0.000000355. The van der Waals surface area contributed by atoms with Gasteiger partial charge in [0.15, 0.2) is 0 Å². The maximum Gasteiger partial charge on any atom is 0.409 e. The van der Waals surface area contributed by atoms with Gasteiger partial charge in [0.2, 0.25) is 0 Å². The van der Waals surface area contributed by atoms with E-state index in [0.717, 1.165) is 31.9 Å². The van der Waals surface area contributed by atoms with Gasteiger partial charge in [-0.15, -0.1) is 12.4 Å². The summed E-state index contributed by atoms with van der Waals surface area (Å²) in [5.74, 6) is 0. The monoisotopic (exact) mass is 432 g/mol. The number of amides is 1. The van der Waals surface area contributed by atoms with Gasteiger partial charge >= 0.3 is 6.09 Å². The number of likely N-dealkylation sites (N-methyl/N-ethyl adjacent to an activating group) is 2. The summed E-state index contributed by atoms with van der Waals surface area (Å²) in [4.78, 5) is 13.3. The molecule has 2 unspecified atom stereocenters. The van der Waals surface area contributed by atoms with E-state index < -0.39 is 0 Å². The highest BCUT2D eigenvalue weighted by atomic mass is 35.5. The highest BCUT2D eigenvalue weighted by Gasteiger charge is 2.20. The van der Waals surface area contributed by atoms with Crippen molar-refractivity contribution in [2.45, 2.75) is 18.8 Å². The van der Waals surface area contributed by atoms with Crippen molar-refractivity contribution in [3.05, 3.63) is 35.9 Å². The Labute approximate surface area is 179 Å². The Morgan fingerprint density at radius 1 is 1.07 bits per heavy atom. The summed E-state index contributed by atoms with van der Waals surface area (Å²) in [6, 6.07) is 9.61. The predicted octanol–water partition coefficient (Wildman–Crippen LogP) is 1.71. The van der Waals surface area contributed by atoms with Crippen molar-refractivity contribution in [1.82, 2.24) is 10.2 Å². The highest BCUT2D eigenvalue weighted by molar-refractivity contribution is 5.85. The molecule has 3 rings (SSSR count). The summed E-state index contributed by atoms with van der Waals surface area (Å²) < 4.78 is 26.5. The molecular weight excluding hydrogens is 400 g/mol. The Kier molecular flexibility index (Phi) is 13.6. The number of nitrogens with zero attached hydrogens (tertiary/aromatic N) is 1. The van der Waals surface area contributed by atoms with Crippen molar-refractivity contribution in [2.24, 2.45) is 0 Å². The SMILES string of the molecule is CN(CC1COCCO1)C(=O)OCc1ccccc1.CNCC1COCCO1.Cl. The van der Waals surface area contributed by atoms with E-state index in [1.165, 1.54) is 4.90 Å². The molecular formula is C20H33ClN2O6. The predicted molar refractivity (Wildman–Crippen MR) is 112 cm³/mol. The van der Waals surface area contributed by atoms with Crippen LogP contribution in [-0.4, -0.2) is 90.0 Å². The lowest BCUT2D eigenvalue weighted by molar-refractivity contribution is -0.0945. The standard InChI is InChI=1S/C14H19NO4.C6H13NO2.ClH/c1-15(9-13-11-17-7-8-18-13)14(16)19-10-12-5-3-2-4-6-12;1-7-4-6-5-8-2-3-9-6;/h2-6,13H,7-11H2,1H3;6-7H,2-5H2,1H3;1H. The lowest BCUT2D eigenvalue weighted by atomic mass is 10.2. The summed E-state index contributed by atoms with van der Waals surface area (Å²) in [5, 5.41) is 3.03. The van der Waals surface area contributed by atoms with E-state index in [-0.39, 0.29) is 37.3 Å². The van der Waals surface area contributed by atoms with Crippen LogP contribution in [0, 0.1) is 0 Å². The molecule has 166 valence electrons. The Bertz CT molecular complexity index is 536. The second-order valence-corrected chi connectivity index (χ2v) is 6.61. The van der Waals surface area contributed by atoms with Gasteiger partial charge < -0.3 is 33.9 Å². The van der Waals surface area contributed by atoms with E-state index in [1.807, 2.05) is 37.4 Å². The number of ether oxygens (including phenoxy) is 5. The number of halogens is 1. The zero-order valence-corrected chi connectivity index (χ0v) is 18.0. The number of rotatable bonds is 6. The van der Waals surface area contributed by atoms with Crippen LogP contribution in [0.4, 0.5) is 4.79 Å². The molecule has 2 heterocycles. The van der Waals surface area contributed by atoms with Crippen LogP contribution in [0.15, 0.2) is 30.3 Å². The molecule has 1 amide bonds. The van der Waals surface area contributed by atoms with Gasteiger partial charge in [0.25, 0.3) is 0 Å². The molecule has 1 N–H and O–H groups in total. The summed E-state index contributed by atoms with van der Waals surface area (Å²) in [6.07, 6.45) is -0.148. The minimum Gasteiger partial charge on any atom is -0.445 e. The van der Waals surface area contributed by atoms with Crippen LogP contribution in [0.5, 0.6) is 0 Å². The quantitative estimate of drug-likeness (QED) is 0.733. The molecule has 29 heavy (non-hydrogen) atoms. The zero-order valence-electron chi connectivity index (χ0n) is 17.2. The van der Waals surface area contributed by atoms with Crippen molar-refractivity contribution in [3.8, 4) is 0 Å². The van der Waals surface area contributed by atoms with Crippen LogP contribution in [-0.2, 0) is 30.3 Å². The number of hydrogen-bond acceptors (Lipinski definition) is 7. The fourth-order valence-electron chi connectivity index (χ4n) is 2.73. The van der Waals surface area contributed by atoms with Crippen LogP contribution in [0.2, 0.25) is 0 Å². The van der Waals surface area contributed by atoms with E-state index >= 15 is 0 Å². The molecule has 0 saturated carbocycles. The minimum atomic E-state index is -0.349.